The number of fused-ring (bicyclic) bond motifs is 3. The quantitative estimate of drug-likeness (QED) is 0.0703. The van der Waals surface area contributed by atoms with E-state index in [1.807, 2.05) is 0 Å². The van der Waals surface area contributed by atoms with Crippen LogP contribution in [0.4, 0.5) is 17.1 Å². The Morgan fingerprint density at radius 3 is 1.31 bits per heavy atom. The molecule has 0 aromatic heterocycles. The minimum atomic E-state index is -3.96. The van der Waals surface area contributed by atoms with E-state index in [2.05, 4.69) is 26.0 Å². The average molecular weight is 1000 g/mol. The van der Waals surface area contributed by atoms with Crippen molar-refractivity contribution in [2.75, 3.05) is 64.0 Å². The monoisotopic (exact) mass is 1000 g/mol. The Hall–Kier alpha value is -7.74. The van der Waals surface area contributed by atoms with Gasteiger partial charge in [0.2, 0.25) is 37.8 Å². The number of hydrogen-bond acceptors (Lipinski definition) is 16. The summed E-state index contributed by atoms with van der Waals surface area (Å²) in [5, 5.41) is 19.8. The van der Waals surface area contributed by atoms with Crippen LogP contribution in [0.3, 0.4) is 0 Å². The predicted molar refractivity (Wildman–Crippen MR) is 250 cm³/mol. The van der Waals surface area contributed by atoms with Crippen LogP contribution in [-0.4, -0.2) is 114 Å². The first-order valence-electron chi connectivity index (χ1n) is 20.8. The summed E-state index contributed by atoms with van der Waals surface area (Å²) in [6.45, 7) is -0.0510. The second-order valence-corrected chi connectivity index (χ2v) is 19.1. The standard InChI is InChI=1S/C18H18N2O6S.C17H17N3O6S.C11H12N2O3/c1-25-14-4-6-15(7-5-14)27(23,24)20-10-13-9-12(18(22)26-2)3-8-16(13)19-17(21)11-20;1-26-13-3-5-14(6-4-13)27(24,25)20-9-12-8-11(17(22)19-23)2-7-15(12)18-16(21)10-20;1-16-11(15)7-2-3-9-8(4-7)5-12-6-10(14)13-9/h3-9H,10-11H2,1-2H3,(H,19,21);2-8,23H,9-10H2,1H3,(H,18,21)(H,19,22);2-4,12H,5-6H2,1H3,(H,13,14). The Kier molecular flexibility index (Phi) is 16.7. The summed E-state index contributed by atoms with van der Waals surface area (Å²) < 4.78 is 73.4. The molecule has 6 N–H and O–H groups in total. The fourth-order valence-electron chi connectivity index (χ4n) is 7.08. The van der Waals surface area contributed by atoms with Crippen molar-refractivity contribution in [3.63, 3.8) is 0 Å². The van der Waals surface area contributed by atoms with Crippen LogP contribution in [0.15, 0.2) is 113 Å². The number of carbonyl (C=O) groups is 6. The highest BCUT2D eigenvalue weighted by Crippen LogP contribution is 2.29. The van der Waals surface area contributed by atoms with Crippen LogP contribution in [0.2, 0.25) is 0 Å². The molecule has 0 saturated carbocycles. The van der Waals surface area contributed by atoms with E-state index in [1.54, 1.807) is 24.3 Å². The molecule has 5 aromatic rings. The number of nitrogens with one attached hydrogen (secondary N) is 5. The Morgan fingerprint density at radius 1 is 0.514 bits per heavy atom. The van der Waals surface area contributed by atoms with Gasteiger partial charge < -0.3 is 40.2 Å². The molecule has 8 rings (SSSR count). The maximum Gasteiger partial charge on any atom is 0.337 e. The van der Waals surface area contributed by atoms with Gasteiger partial charge in [-0.25, -0.2) is 31.9 Å². The second kappa shape index (κ2) is 22.6. The first-order chi connectivity index (χ1) is 33.4. The molecule has 3 heterocycles. The third kappa shape index (κ3) is 12.3. The van der Waals surface area contributed by atoms with Crippen LogP contribution in [0.1, 0.15) is 47.8 Å². The van der Waals surface area contributed by atoms with Gasteiger partial charge in [0.15, 0.2) is 0 Å². The van der Waals surface area contributed by atoms with E-state index in [0.29, 0.717) is 46.1 Å². The Bertz CT molecular complexity index is 2880. The lowest BCUT2D eigenvalue weighted by molar-refractivity contribution is -0.117. The normalized spacial score (nSPS) is 14.7. The smallest absolute Gasteiger partial charge is 0.337 e. The number of ether oxygens (including phenoxy) is 4. The highest BCUT2D eigenvalue weighted by molar-refractivity contribution is 7.89. The zero-order chi connectivity index (χ0) is 50.8. The van der Waals surface area contributed by atoms with Crippen LogP contribution >= 0.6 is 0 Å². The lowest BCUT2D eigenvalue weighted by Gasteiger charge is -2.19. The number of hydroxylamine groups is 1. The van der Waals surface area contributed by atoms with E-state index in [1.165, 1.54) is 113 Å². The van der Waals surface area contributed by atoms with Gasteiger partial charge in [0, 0.05) is 42.3 Å². The Morgan fingerprint density at radius 2 is 0.900 bits per heavy atom. The van der Waals surface area contributed by atoms with E-state index < -0.39 is 43.7 Å². The molecule has 5 aromatic carbocycles. The van der Waals surface area contributed by atoms with E-state index in [9.17, 15) is 45.6 Å². The molecule has 70 heavy (non-hydrogen) atoms. The number of methoxy groups -OCH3 is 4. The van der Waals surface area contributed by atoms with Gasteiger partial charge in [-0.1, -0.05) is 0 Å². The molecule has 22 nitrogen and oxygen atoms in total. The van der Waals surface area contributed by atoms with Crippen LogP contribution in [0, 0.1) is 0 Å². The molecule has 0 radical (unpaired) electrons. The number of rotatable bonds is 9. The lowest BCUT2D eigenvalue weighted by atomic mass is 10.1. The number of esters is 2. The summed E-state index contributed by atoms with van der Waals surface area (Å²) in [7, 11) is -2.32. The number of hydrogen-bond donors (Lipinski definition) is 6. The fraction of sp³-hybridized carbons (Fsp3) is 0.217. The second-order valence-electron chi connectivity index (χ2n) is 15.2. The van der Waals surface area contributed by atoms with Gasteiger partial charge in [-0.3, -0.25) is 24.4 Å². The Balaban J connectivity index is 0.000000178. The topological polar surface area (TPSA) is 294 Å². The van der Waals surface area contributed by atoms with Gasteiger partial charge in [-0.2, -0.15) is 8.61 Å². The molecule has 0 aliphatic carbocycles. The van der Waals surface area contributed by atoms with Gasteiger partial charge in [0.25, 0.3) is 5.91 Å². The summed E-state index contributed by atoms with van der Waals surface area (Å²) in [5.41, 5.74) is 5.83. The summed E-state index contributed by atoms with van der Waals surface area (Å²) in [5.74, 6) is -1.66. The molecular formula is C46H47N7O15S2. The third-order valence-electron chi connectivity index (χ3n) is 10.7. The highest BCUT2D eigenvalue weighted by Gasteiger charge is 2.32. The highest BCUT2D eigenvalue weighted by atomic mass is 32.2. The molecule has 3 aliphatic heterocycles. The van der Waals surface area contributed by atoms with Crippen LogP contribution in [0.25, 0.3) is 0 Å². The van der Waals surface area contributed by atoms with Crippen LogP contribution in [-0.2, 0) is 63.5 Å². The van der Waals surface area contributed by atoms with Gasteiger partial charge >= 0.3 is 11.9 Å². The van der Waals surface area contributed by atoms with E-state index in [4.69, 9.17) is 19.4 Å². The number of carbonyl (C=O) groups excluding carboxylic acids is 6. The molecule has 368 valence electrons. The van der Waals surface area contributed by atoms with E-state index in [0.717, 1.165) is 19.9 Å². The molecule has 0 unspecified atom stereocenters. The first kappa shape index (κ1) is 51.6. The number of benzene rings is 5. The summed E-state index contributed by atoms with van der Waals surface area (Å²) in [6.07, 6.45) is 0. The summed E-state index contributed by atoms with van der Waals surface area (Å²) in [6, 6.07) is 25.7. The van der Waals surface area contributed by atoms with Gasteiger partial charge in [-0.05, 0) is 120 Å². The van der Waals surface area contributed by atoms with Crippen molar-refractivity contribution in [2.45, 2.75) is 29.4 Å². The van der Waals surface area contributed by atoms with Crippen molar-refractivity contribution in [1.82, 2.24) is 19.4 Å². The molecule has 0 saturated heterocycles. The van der Waals surface area contributed by atoms with Gasteiger partial charge in [0.05, 0.1) is 69.0 Å². The molecular weight excluding hydrogens is 955 g/mol. The van der Waals surface area contributed by atoms with Crippen molar-refractivity contribution in [2.24, 2.45) is 0 Å². The number of nitrogens with zero attached hydrogens (tertiary/aromatic N) is 2. The predicted octanol–water partition coefficient (Wildman–Crippen LogP) is 3.10. The molecule has 3 aliphatic rings. The van der Waals surface area contributed by atoms with Crippen LogP contribution < -0.4 is 36.2 Å². The van der Waals surface area contributed by atoms with Crippen molar-refractivity contribution in [3.05, 3.63) is 137 Å². The summed E-state index contributed by atoms with van der Waals surface area (Å²) in [4.78, 5) is 70.3. The molecule has 24 heteroatoms. The minimum absolute atomic E-state index is 0.0174. The number of sulfonamides is 2. The zero-order valence-electron chi connectivity index (χ0n) is 37.9. The SMILES string of the molecule is COC(=O)c1ccc2c(c1)CN(S(=O)(=O)c1ccc(OC)cc1)CC(=O)N2.COC(=O)c1ccc2c(c1)CNCC(=O)N2.COc1ccc(S(=O)(=O)N2CC(=O)Nc3ccc(C(=O)NO)cc3C2)cc1. The lowest BCUT2D eigenvalue weighted by Crippen LogP contribution is -2.35. The number of amides is 4. The molecule has 4 amide bonds. The number of anilines is 3. The van der Waals surface area contributed by atoms with Crippen molar-refractivity contribution in [3.8, 4) is 11.5 Å². The van der Waals surface area contributed by atoms with Gasteiger partial charge in [0.1, 0.15) is 11.5 Å². The Labute approximate surface area is 401 Å². The molecule has 0 fully saturated rings. The molecule has 0 spiro atoms. The van der Waals surface area contributed by atoms with Crippen molar-refractivity contribution >= 4 is 72.7 Å². The summed E-state index contributed by atoms with van der Waals surface area (Å²) >= 11 is 0. The molecule has 0 atom stereocenters. The van der Waals surface area contributed by atoms with Gasteiger partial charge in [-0.15, -0.1) is 0 Å². The molecule has 0 bridgehead atoms. The largest absolute Gasteiger partial charge is 0.497 e. The van der Waals surface area contributed by atoms with Crippen LogP contribution in [0.5, 0.6) is 11.5 Å². The third-order valence-corrected chi connectivity index (χ3v) is 14.3. The maximum atomic E-state index is 13.0. The maximum absolute atomic E-state index is 13.0. The average Bonchev–Trinajstić information content (AvgIpc) is 3.76. The van der Waals surface area contributed by atoms with E-state index >= 15 is 0 Å². The minimum Gasteiger partial charge on any atom is -0.497 e. The van der Waals surface area contributed by atoms with Crippen molar-refractivity contribution in [1.29, 1.82) is 0 Å². The fourth-order valence-corrected chi connectivity index (χ4v) is 9.83. The zero-order valence-corrected chi connectivity index (χ0v) is 39.6. The van der Waals surface area contributed by atoms with Crippen molar-refractivity contribution < 1.29 is 69.8 Å². The first-order valence-corrected chi connectivity index (χ1v) is 23.7. The van der Waals surface area contributed by atoms with E-state index in [-0.39, 0.29) is 65.5 Å².